The molecule has 2 aromatic carbocycles. The van der Waals surface area contributed by atoms with Crippen LogP contribution < -0.4 is 15.2 Å². The molecule has 0 bridgehead atoms. The molecule has 6 atom stereocenters. The van der Waals surface area contributed by atoms with Gasteiger partial charge in [-0.3, -0.25) is 19.3 Å². The van der Waals surface area contributed by atoms with Crippen molar-refractivity contribution in [2.45, 2.75) is 30.6 Å². The Bertz CT molecular complexity index is 1630. The number of aromatic hydroxyl groups is 1. The van der Waals surface area contributed by atoms with Crippen molar-refractivity contribution in [2.75, 3.05) is 20.9 Å². The predicted octanol–water partition coefficient (Wildman–Crippen LogP) is 1.05. The molecule has 0 saturated carbocycles. The zero-order valence-corrected chi connectivity index (χ0v) is 22.3. The zero-order valence-electron chi connectivity index (χ0n) is 22.3. The molecule has 1 amide bonds. The lowest BCUT2D eigenvalue weighted by Crippen LogP contribution is -2.68. The quantitative estimate of drug-likeness (QED) is 0.291. The van der Waals surface area contributed by atoms with E-state index in [1.165, 1.54) is 25.1 Å². The Kier molecular flexibility index (Phi) is 5.76. The summed E-state index contributed by atoms with van der Waals surface area (Å²) in [6, 6.07) is 6.79. The highest BCUT2D eigenvalue weighted by Crippen LogP contribution is 2.57. The average molecular weight is 565 g/mol. The van der Waals surface area contributed by atoms with Gasteiger partial charge < -0.3 is 40.7 Å². The van der Waals surface area contributed by atoms with E-state index in [0.717, 1.165) is 0 Å². The van der Waals surface area contributed by atoms with Gasteiger partial charge in [0.05, 0.1) is 23.6 Å². The molecule has 0 spiro atoms. The third-order valence-electron chi connectivity index (χ3n) is 8.79. The Hall–Kier alpha value is -4.39. The molecule has 2 aromatic rings. The van der Waals surface area contributed by atoms with Crippen molar-refractivity contribution in [3.05, 3.63) is 64.1 Å². The maximum atomic E-state index is 14.0. The third-order valence-corrected chi connectivity index (χ3v) is 8.79. The van der Waals surface area contributed by atoms with Crippen LogP contribution >= 0.6 is 0 Å². The van der Waals surface area contributed by atoms with Gasteiger partial charge in [0.25, 0.3) is 5.91 Å². The van der Waals surface area contributed by atoms with Crippen molar-refractivity contribution < 1.29 is 49.4 Å². The lowest BCUT2D eigenvalue weighted by atomic mass is 9.55. The molecule has 12 nitrogen and oxygen atoms in total. The van der Waals surface area contributed by atoms with Gasteiger partial charge in [-0.25, -0.2) is 0 Å². The summed E-state index contributed by atoms with van der Waals surface area (Å²) in [5.74, 6) is -8.39. The van der Waals surface area contributed by atoms with Crippen LogP contribution in [-0.4, -0.2) is 86.5 Å². The van der Waals surface area contributed by atoms with Crippen LogP contribution in [0.3, 0.4) is 0 Å². The number of carbonyl (C=O) groups is 3. The summed E-state index contributed by atoms with van der Waals surface area (Å²) in [5, 5.41) is 57.0. The minimum atomic E-state index is -2.96. The highest BCUT2D eigenvalue weighted by Gasteiger charge is 2.67. The number of fused-ring (bicyclic) bond motifs is 4. The van der Waals surface area contributed by atoms with Gasteiger partial charge in [-0.2, -0.15) is 0 Å². The van der Waals surface area contributed by atoms with E-state index in [-0.39, 0.29) is 12.4 Å². The van der Waals surface area contributed by atoms with E-state index in [2.05, 4.69) is 0 Å². The number of phenols is 1. The number of aliphatic hydroxyl groups is 4. The molecule has 3 aliphatic carbocycles. The number of amides is 1. The summed E-state index contributed by atoms with van der Waals surface area (Å²) in [6.07, 6.45) is -1.68. The van der Waals surface area contributed by atoms with Gasteiger partial charge >= 0.3 is 0 Å². The average Bonchev–Trinajstić information content (AvgIpc) is 3.38. The van der Waals surface area contributed by atoms with Crippen LogP contribution in [0, 0.1) is 11.8 Å². The fourth-order valence-corrected chi connectivity index (χ4v) is 7.02. The molecule has 0 fully saturated rings. The first kappa shape index (κ1) is 26.8. The Morgan fingerprint density at radius 2 is 1.76 bits per heavy atom. The van der Waals surface area contributed by atoms with E-state index in [0.29, 0.717) is 28.2 Å². The van der Waals surface area contributed by atoms with Crippen molar-refractivity contribution in [3.8, 4) is 28.4 Å². The van der Waals surface area contributed by atoms with Gasteiger partial charge in [0.2, 0.25) is 12.6 Å². The summed E-state index contributed by atoms with van der Waals surface area (Å²) >= 11 is 0. The van der Waals surface area contributed by atoms with Gasteiger partial charge in [0, 0.05) is 11.5 Å². The second kappa shape index (κ2) is 8.80. The number of primary amides is 1. The van der Waals surface area contributed by atoms with E-state index in [1.54, 1.807) is 31.2 Å². The Labute approximate surface area is 233 Å². The lowest BCUT2D eigenvalue weighted by molar-refractivity contribution is -0.162. The largest absolute Gasteiger partial charge is 0.510 e. The maximum absolute atomic E-state index is 14.0. The number of rotatable bonds is 3. The fourth-order valence-electron chi connectivity index (χ4n) is 7.02. The van der Waals surface area contributed by atoms with Crippen LogP contribution in [0.15, 0.2) is 53.0 Å². The maximum Gasteiger partial charge on any atom is 0.255 e. The van der Waals surface area contributed by atoms with Gasteiger partial charge in [-0.1, -0.05) is 19.1 Å². The molecule has 0 aromatic heterocycles. The van der Waals surface area contributed by atoms with Gasteiger partial charge in [0.1, 0.15) is 22.8 Å². The van der Waals surface area contributed by atoms with Crippen molar-refractivity contribution in [1.82, 2.24) is 4.90 Å². The Morgan fingerprint density at radius 1 is 1.07 bits per heavy atom. The first-order valence-corrected chi connectivity index (χ1v) is 12.9. The van der Waals surface area contributed by atoms with Crippen LogP contribution in [0.5, 0.6) is 17.2 Å². The molecule has 1 aliphatic heterocycles. The molecule has 6 rings (SSSR count). The van der Waals surface area contributed by atoms with Crippen LogP contribution in [0.4, 0.5) is 0 Å². The van der Waals surface area contributed by atoms with Crippen LogP contribution in [0.2, 0.25) is 0 Å². The number of ether oxygens (including phenoxy) is 2. The minimum Gasteiger partial charge on any atom is -0.510 e. The number of ketones is 2. The number of Topliss-reactive ketones (excluding diaryl/α,β-unsaturated/α-hetero) is 2. The molecule has 1 heterocycles. The monoisotopic (exact) mass is 564 g/mol. The van der Waals surface area contributed by atoms with E-state index in [4.69, 9.17) is 15.2 Å². The molecule has 4 aliphatic rings. The molecule has 0 saturated heterocycles. The van der Waals surface area contributed by atoms with E-state index in [1.807, 2.05) is 0 Å². The Morgan fingerprint density at radius 3 is 2.41 bits per heavy atom. The van der Waals surface area contributed by atoms with Crippen LogP contribution in [0.1, 0.15) is 28.8 Å². The van der Waals surface area contributed by atoms with E-state index >= 15 is 0 Å². The highest BCUT2D eigenvalue weighted by molar-refractivity contribution is 6.25. The molecule has 12 heteroatoms. The second-order valence-electron chi connectivity index (χ2n) is 11.0. The standard InChI is InChI=1S/C29H28N2O10/c1-10-16-12(11-4-7-14-15(8-11)41-9-40-14)5-6-13(32)18(16)23(33)19-17(10)24(34)21-22(31(2)3)25(35)20(28(30)38)27(37)29(21,39)26(19)36/h4-8,10,17,21-22,24,32,34-36,39H,9H2,1-3H3,(H2,30,38). The zero-order chi connectivity index (χ0) is 29.7. The molecule has 0 radical (unpaired) electrons. The normalized spacial score (nSPS) is 30.3. The lowest BCUT2D eigenvalue weighted by Gasteiger charge is -2.53. The number of hydrogen-bond acceptors (Lipinski definition) is 11. The minimum absolute atomic E-state index is 0.0534. The number of phenolic OH excluding ortho intramolecular Hbond substituents is 1. The highest BCUT2D eigenvalue weighted by atomic mass is 16.7. The fraction of sp³-hybridized carbons (Fsp3) is 0.345. The second-order valence-corrected chi connectivity index (χ2v) is 11.0. The van der Waals surface area contributed by atoms with Crippen molar-refractivity contribution in [2.24, 2.45) is 17.6 Å². The number of nitrogens with two attached hydrogens (primary N) is 1. The summed E-state index contributed by atoms with van der Waals surface area (Å²) < 4.78 is 10.9. The molecular weight excluding hydrogens is 536 g/mol. The third kappa shape index (κ3) is 3.35. The molecular formula is C29H28N2O10. The summed E-state index contributed by atoms with van der Waals surface area (Å²) in [6.45, 7) is 1.74. The number of nitrogens with zero attached hydrogens (tertiary/aromatic N) is 1. The number of likely N-dealkylation sites (N-methyl/N-ethyl adjacent to an activating group) is 1. The first-order chi connectivity index (χ1) is 19.3. The van der Waals surface area contributed by atoms with Crippen LogP contribution in [0.25, 0.3) is 11.1 Å². The number of carbonyl (C=O) groups excluding carboxylic acids is 3. The molecule has 41 heavy (non-hydrogen) atoms. The number of aliphatic hydroxyl groups excluding tert-OH is 3. The Balaban J connectivity index is 1.60. The summed E-state index contributed by atoms with van der Waals surface area (Å²) in [4.78, 5) is 41.1. The smallest absolute Gasteiger partial charge is 0.255 e. The predicted molar refractivity (Wildman–Crippen MR) is 141 cm³/mol. The molecule has 214 valence electrons. The van der Waals surface area contributed by atoms with Crippen molar-refractivity contribution >= 4 is 17.5 Å². The number of hydrogen-bond donors (Lipinski definition) is 6. The molecule has 7 N–H and O–H groups in total. The van der Waals surface area contributed by atoms with Gasteiger partial charge in [-0.05, 0) is 54.9 Å². The van der Waals surface area contributed by atoms with Crippen molar-refractivity contribution in [1.29, 1.82) is 0 Å². The van der Waals surface area contributed by atoms with E-state index in [9.17, 15) is 39.9 Å². The van der Waals surface area contributed by atoms with Crippen molar-refractivity contribution in [3.63, 3.8) is 0 Å². The summed E-state index contributed by atoms with van der Waals surface area (Å²) in [7, 11) is 2.97. The number of benzene rings is 2. The first-order valence-electron chi connectivity index (χ1n) is 12.9. The topological polar surface area (TPSA) is 200 Å². The molecule has 6 unspecified atom stereocenters. The summed E-state index contributed by atoms with van der Waals surface area (Å²) in [5.41, 5.74) is 2.38. The van der Waals surface area contributed by atoms with Gasteiger partial charge in [0.15, 0.2) is 22.9 Å². The van der Waals surface area contributed by atoms with Crippen LogP contribution in [-0.2, 0) is 9.59 Å². The SMILES string of the molecule is CC1c2c(-c3ccc4c(c3)OCO4)ccc(O)c2C(=O)C2=C(O)C3(O)C(=O)C(C(N)=O)=C(O)C(N(C)C)C3C(O)C21. The van der Waals surface area contributed by atoms with E-state index < -0.39 is 81.4 Å². The van der Waals surface area contributed by atoms with Gasteiger partial charge in [-0.15, -0.1) is 0 Å².